The van der Waals surface area contributed by atoms with E-state index in [-0.39, 0.29) is 24.6 Å². The molecule has 0 atom stereocenters. The Balaban J connectivity index is 1.82. The van der Waals surface area contributed by atoms with Gasteiger partial charge in [0.05, 0.1) is 12.1 Å². The highest BCUT2D eigenvalue weighted by Gasteiger charge is 2.31. The van der Waals surface area contributed by atoms with E-state index in [2.05, 4.69) is 0 Å². The van der Waals surface area contributed by atoms with Crippen molar-refractivity contribution in [3.8, 4) is 0 Å². The zero-order chi connectivity index (χ0) is 24.7. The van der Waals surface area contributed by atoms with Crippen LogP contribution >= 0.6 is 0 Å². The summed E-state index contributed by atoms with van der Waals surface area (Å²) >= 11 is 0. The fourth-order valence-electron chi connectivity index (χ4n) is 3.69. The Morgan fingerprint density at radius 3 is 2.26 bits per heavy atom. The predicted octanol–water partition coefficient (Wildman–Crippen LogP) is 5.13. The van der Waals surface area contributed by atoms with Crippen LogP contribution in [0.1, 0.15) is 40.5 Å². The first-order chi connectivity index (χ1) is 16.2. The molecule has 0 fully saturated rings. The highest BCUT2D eigenvalue weighted by Crippen LogP contribution is 2.29. The van der Waals surface area contributed by atoms with Crippen LogP contribution in [0.2, 0.25) is 0 Å². The molecule has 1 heterocycles. The zero-order valence-electron chi connectivity index (χ0n) is 19.3. The third-order valence-electron chi connectivity index (χ3n) is 5.52. The van der Waals surface area contributed by atoms with Crippen LogP contribution in [0.3, 0.4) is 0 Å². The van der Waals surface area contributed by atoms with Crippen molar-refractivity contribution in [2.45, 2.75) is 32.6 Å². The minimum atomic E-state index is -4.55. The number of hydrogen-bond donors (Lipinski definition) is 0. The molecule has 2 amide bonds. The Morgan fingerprint density at radius 2 is 1.65 bits per heavy atom. The summed E-state index contributed by atoms with van der Waals surface area (Å²) in [5, 5.41) is 0. The molecular formula is C26H28F3N3O2. The minimum Gasteiger partial charge on any atom is -0.353 e. The molecule has 0 aliphatic rings. The summed E-state index contributed by atoms with van der Waals surface area (Å²) in [5.74, 6) is -0.876. The molecule has 0 bridgehead atoms. The van der Waals surface area contributed by atoms with Crippen molar-refractivity contribution in [1.29, 1.82) is 0 Å². The SMILES string of the molecule is CCCN(CC(=O)N(Cc1ccccc1)Cc1cccn1C)C(=O)c1cccc(C(F)(F)F)c1. The summed E-state index contributed by atoms with van der Waals surface area (Å²) in [6.45, 7) is 2.57. The monoisotopic (exact) mass is 471 g/mol. The first kappa shape index (κ1) is 25.1. The van der Waals surface area contributed by atoms with E-state index in [0.29, 0.717) is 19.5 Å². The lowest BCUT2D eigenvalue weighted by Gasteiger charge is -2.28. The number of nitrogens with zero attached hydrogens (tertiary/aromatic N) is 3. The van der Waals surface area contributed by atoms with E-state index in [1.807, 2.05) is 67.2 Å². The number of aryl methyl sites for hydroxylation is 1. The highest BCUT2D eigenvalue weighted by molar-refractivity contribution is 5.96. The summed E-state index contributed by atoms with van der Waals surface area (Å²) in [5.41, 5.74) is 0.885. The maximum absolute atomic E-state index is 13.4. The van der Waals surface area contributed by atoms with Crippen LogP contribution in [0.15, 0.2) is 72.9 Å². The third kappa shape index (κ3) is 6.50. The van der Waals surface area contributed by atoms with Gasteiger partial charge in [0, 0.05) is 37.6 Å². The quantitative estimate of drug-likeness (QED) is 0.435. The molecule has 1 aromatic heterocycles. The van der Waals surface area contributed by atoms with Gasteiger partial charge in [0.25, 0.3) is 5.91 Å². The van der Waals surface area contributed by atoms with Gasteiger partial charge >= 0.3 is 6.18 Å². The van der Waals surface area contributed by atoms with Crippen molar-refractivity contribution in [3.63, 3.8) is 0 Å². The lowest BCUT2D eigenvalue weighted by molar-refractivity contribution is -0.137. The average Bonchev–Trinajstić information content (AvgIpc) is 3.22. The van der Waals surface area contributed by atoms with Gasteiger partial charge in [0.1, 0.15) is 6.54 Å². The first-order valence-corrected chi connectivity index (χ1v) is 11.1. The molecular weight excluding hydrogens is 443 g/mol. The van der Waals surface area contributed by atoms with Gasteiger partial charge in [-0.2, -0.15) is 13.2 Å². The van der Waals surface area contributed by atoms with Crippen molar-refractivity contribution in [3.05, 3.63) is 95.3 Å². The Bertz CT molecular complexity index is 1110. The molecule has 0 unspecified atom stereocenters. The standard InChI is InChI=1S/C26H28F3N3O2/c1-3-14-31(25(34)21-11-7-12-22(16-21)26(27,28)29)19-24(33)32(17-20-9-5-4-6-10-20)18-23-13-8-15-30(23)2/h4-13,15-16H,3,14,17-19H2,1-2H3. The summed E-state index contributed by atoms with van der Waals surface area (Å²) < 4.78 is 41.3. The van der Waals surface area contributed by atoms with Gasteiger partial charge < -0.3 is 14.4 Å². The Kier molecular flexibility index (Phi) is 8.15. The van der Waals surface area contributed by atoms with Crippen molar-refractivity contribution in [2.75, 3.05) is 13.1 Å². The minimum absolute atomic E-state index is 0.0897. The van der Waals surface area contributed by atoms with E-state index in [4.69, 9.17) is 0 Å². The first-order valence-electron chi connectivity index (χ1n) is 11.1. The second-order valence-corrected chi connectivity index (χ2v) is 8.15. The molecule has 0 spiro atoms. The third-order valence-corrected chi connectivity index (χ3v) is 5.52. The van der Waals surface area contributed by atoms with E-state index in [0.717, 1.165) is 23.4 Å². The second-order valence-electron chi connectivity index (χ2n) is 8.15. The molecule has 0 saturated carbocycles. The van der Waals surface area contributed by atoms with E-state index >= 15 is 0 Å². The van der Waals surface area contributed by atoms with Crippen LogP contribution in [-0.2, 0) is 31.1 Å². The fraction of sp³-hybridized carbons (Fsp3) is 0.308. The van der Waals surface area contributed by atoms with Gasteiger partial charge in [0.15, 0.2) is 0 Å². The molecule has 8 heteroatoms. The molecule has 0 radical (unpaired) electrons. The molecule has 34 heavy (non-hydrogen) atoms. The van der Waals surface area contributed by atoms with Gasteiger partial charge in [-0.05, 0) is 42.3 Å². The lowest BCUT2D eigenvalue weighted by Crippen LogP contribution is -2.43. The van der Waals surface area contributed by atoms with E-state index in [1.54, 1.807) is 4.90 Å². The van der Waals surface area contributed by atoms with Gasteiger partial charge in [-0.3, -0.25) is 9.59 Å². The average molecular weight is 472 g/mol. The summed E-state index contributed by atoms with van der Waals surface area (Å²) in [6.07, 6.45) is -2.10. The topological polar surface area (TPSA) is 45.6 Å². The lowest BCUT2D eigenvalue weighted by atomic mass is 10.1. The smallest absolute Gasteiger partial charge is 0.353 e. The Labute approximate surface area is 197 Å². The van der Waals surface area contributed by atoms with Crippen molar-refractivity contribution in [2.24, 2.45) is 7.05 Å². The molecule has 3 rings (SSSR count). The molecule has 0 N–H and O–H groups in total. The number of alkyl halides is 3. The van der Waals surface area contributed by atoms with Crippen LogP contribution in [0.25, 0.3) is 0 Å². The van der Waals surface area contributed by atoms with Crippen LogP contribution in [-0.4, -0.2) is 39.3 Å². The molecule has 2 aromatic carbocycles. The van der Waals surface area contributed by atoms with Gasteiger partial charge in [-0.15, -0.1) is 0 Å². The summed E-state index contributed by atoms with van der Waals surface area (Å²) in [6, 6.07) is 17.6. The molecule has 0 aliphatic heterocycles. The number of benzene rings is 2. The van der Waals surface area contributed by atoms with Crippen molar-refractivity contribution >= 4 is 11.8 Å². The number of amides is 2. The van der Waals surface area contributed by atoms with Crippen LogP contribution in [0.4, 0.5) is 13.2 Å². The number of rotatable bonds is 9. The largest absolute Gasteiger partial charge is 0.416 e. The predicted molar refractivity (Wildman–Crippen MR) is 124 cm³/mol. The van der Waals surface area contributed by atoms with Gasteiger partial charge in [-0.25, -0.2) is 0 Å². The molecule has 180 valence electrons. The Morgan fingerprint density at radius 1 is 0.912 bits per heavy atom. The molecule has 5 nitrogen and oxygen atoms in total. The number of halogens is 3. The molecule has 0 saturated heterocycles. The molecule has 3 aromatic rings. The van der Waals surface area contributed by atoms with Crippen LogP contribution in [0, 0.1) is 0 Å². The zero-order valence-corrected chi connectivity index (χ0v) is 19.3. The van der Waals surface area contributed by atoms with E-state index in [9.17, 15) is 22.8 Å². The number of carbonyl (C=O) groups excluding carboxylic acids is 2. The maximum atomic E-state index is 13.4. The second kappa shape index (κ2) is 11.0. The highest BCUT2D eigenvalue weighted by atomic mass is 19.4. The van der Waals surface area contributed by atoms with Crippen LogP contribution < -0.4 is 0 Å². The van der Waals surface area contributed by atoms with Crippen molar-refractivity contribution in [1.82, 2.24) is 14.4 Å². The fourth-order valence-corrected chi connectivity index (χ4v) is 3.69. The van der Waals surface area contributed by atoms with Gasteiger partial charge in [0.2, 0.25) is 5.91 Å². The normalized spacial score (nSPS) is 11.3. The maximum Gasteiger partial charge on any atom is 0.416 e. The summed E-state index contributed by atoms with van der Waals surface area (Å²) in [4.78, 5) is 29.4. The van der Waals surface area contributed by atoms with Crippen molar-refractivity contribution < 1.29 is 22.8 Å². The van der Waals surface area contributed by atoms with E-state index < -0.39 is 17.6 Å². The number of aromatic nitrogens is 1. The Hall–Kier alpha value is -3.55. The van der Waals surface area contributed by atoms with E-state index in [1.165, 1.54) is 17.0 Å². The van der Waals surface area contributed by atoms with Gasteiger partial charge in [-0.1, -0.05) is 43.3 Å². The summed E-state index contributed by atoms with van der Waals surface area (Å²) in [7, 11) is 1.89. The number of carbonyl (C=O) groups is 2. The molecule has 0 aliphatic carbocycles. The number of hydrogen-bond acceptors (Lipinski definition) is 2. The van der Waals surface area contributed by atoms with Crippen LogP contribution in [0.5, 0.6) is 0 Å².